The van der Waals surface area contributed by atoms with E-state index in [1.807, 2.05) is 11.8 Å². The van der Waals surface area contributed by atoms with Crippen molar-refractivity contribution in [3.05, 3.63) is 22.8 Å². The van der Waals surface area contributed by atoms with Gasteiger partial charge in [-0.15, -0.1) is 11.8 Å². The minimum atomic E-state index is 0.953. The van der Waals surface area contributed by atoms with Gasteiger partial charge in [-0.2, -0.15) is 0 Å². The Hall–Kier alpha value is -0.630. The van der Waals surface area contributed by atoms with E-state index in [0.717, 1.165) is 5.69 Å². The van der Waals surface area contributed by atoms with Gasteiger partial charge in [-0.25, -0.2) is 0 Å². The van der Waals surface area contributed by atoms with Crippen LogP contribution in [0.1, 0.15) is 16.7 Å². The zero-order valence-electron chi connectivity index (χ0n) is 7.48. The molecule has 2 rings (SSSR count). The predicted molar refractivity (Wildman–Crippen MR) is 54.8 cm³/mol. The molecule has 1 nitrogen and oxygen atoms in total. The van der Waals surface area contributed by atoms with Crippen LogP contribution >= 0.6 is 11.8 Å². The Kier molecular flexibility index (Phi) is 1.80. The van der Waals surface area contributed by atoms with Crippen molar-refractivity contribution in [1.82, 2.24) is 0 Å². The molecule has 2 N–H and O–H groups in total. The standard InChI is InChI=1S/C10H13NS/c1-6-5-9(11)7(2)8-3-4-12-10(6)8/h5H,3-4,11H2,1-2H3. The van der Waals surface area contributed by atoms with Crippen molar-refractivity contribution in [3.8, 4) is 0 Å². The molecule has 1 aromatic carbocycles. The van der Waals surface area contributed by atoms with E-state index < -0.39 is 0 Å². The topological polar surface area (TPSA) is 26.0 Å². The Bertz CT molecular complexity index is 331. The van der Waals surface area contributed by atoms with Crippen molar-refractivity contribution < 1.29 is 0 Å². The highest BCUT2D eigenvalue weighted by molar-refractivity contribution is 7.99. The van der Waals surface area contributed by atoms with Crippen LogP contribution in [0.4, 0.5) is 5.69 Å². The molecule has 1 heterocycles. The zero-order valence-corrected chi connectivity index (χ0v) is 8.29. The molecular weight excluding hydrogens is 166 g/mol. The molecule has 0 unspecified atom stereocenters. The third kappa shape index (κ3) is 1.02. The molecule has 2 heteroatoms. The van der Waals surface area contributed by atoms with Gasteiger partial charge in [0.25, 0.3) is 0 Å². The van der Waals surface area contributed by atoms with Gasteiger partial charge >= 0.3 is 0 Å². The van der Waals surface area contributed by atoms with Crippen LogP contribution in [0.15, 0.2) is 11.0 Å². The molecule has 0 amide bonds. The fourth-order valence-electron chi connectivity index (χ4n) is 1.75. The Balaban J connectivity index is 2.69. The second kappa shape index (κ2) is 2.70. The molecule has 0 spiro atoms. The van der Waals surface area contributed by atoms with Crippen LogP contribution in [0.3, 0.4) is 0 Å². The first-order chi connectivity index (χ1) is 5.70. The first-order valence-electron chi connectivity index (χ1n) is 4.21. The number of rotatable bonds is 0. The summed E-state index contributed by atoms with van der Waals surface area (Å²) in [4.78, 5) is 1.47. The molecule has 0 atom stereocenters. The number of nitrogens with two attached hydrogens (primary N) is 1. The Labute approximate surface area is 77.3 Å². The molecule has 0 aromatic heterocycles. The molecule has 0 saturated carbocycles. The quantitative estimate of drug-likeness (QED) is 0.619. The molecule has 0 saturated heterocycles. The Morgan fingerprint density at radius 1 is 1.42 bits per heavy atom. The van der Waals surface area contributed by atoms with E-state index in [0.29, 0.717) is 0 Å². The molecule has 0 radical (unpaired) electrons. The molecule has 0 bridgehead atoms. The summed E-state index contributed by atoms with van der Waals surface area (Å²) in [7, 11) is 0. The molecule has 64 valence electrons. The Morgan fingerprint density at radius 2 is 2.17 bits per heavy atom. The SMILES string of the molecule is Cc1cc(N)c(C)c2c1SCC2. The van der Waals surface area contributed by atoms with Crippen LogP contribution in [0.25, 0.3) is 0 Å². The lowest BCUT2D eigenvalue weighted by molar-refractivity contribution is 1.09. The average Bonchev–Trinajstić information content (AvgIpc) is 2.48. The third-order valence-corrected chi connectivity index (χ3v) is 3.75. The van der Waals surface area contributed by atoms with Gasteiger partial charge in [-0.3, -0.25) is 0 Å². The lowest BCUT2D eigenvalue weighted by Gasteiger charge is -2.09. The second-order valence-electron chi connectivity index (χ2n) is 3.31. The first kappa shape index (κ1) is 7.99. The minimum Gasteiger partial charge on any atom is -0.398 e. The highest BCUT2D eigenvalue weighted by Gasteiger charge is 2.17. The maximum absolute atomic E-state index is 5.88. The van der Waals surface area contributed by atoms with Crippen molar-refractivity contribution in [1.29, 1.82) is 0 Å². The number of aryl methyl sites for hydroxylation is 1. The van der Waals surface area contributed by atoms with Crippen molar-refractivity contribution in [2.45, 2.75) is 25.2 Å². The number of nitrogen functional groups attached to an aromatic ring is 1. The van der Waals surface area contributed by atoms with Gasteiger partial charge in [-0.05, 0) is 43.0 Å². The van der Waals surface area contributed by atoms with Crippen LogP contribution in [0.5, 0.6) is 0 Å². The summed E-state index contributed by atoms with van der Waals surface area (Å²) >= 11 is 1.96. The number of fused-ring (bicyclic) bond motifs is 1. The van der Waals surface area contributed by atoms with Gasteiger partial charge < -0.3 is 5.73 Å². The molecule has 12 heavy (non-hydrogen) atoms. The van der Waals surface area contributed by atoms with Crippen molar-refractivity contribution >= 4 is 17.4 Å². The number of hydrogen-bond donors (Lipinski definition) is 1. The van der Waals surface area contributed by atoms with E-state index >= 15 is 0 Å². The van der Waals surface area contributed by atoms with Crippen molar-refractivity contribution in [2.75, 3.05) is 11.5 Å². The summed E-state index contributed by atoms with van der Waals surface area (Å²) in [5, 5.41) is 0. The normalized spacial score (nSPS) is 14.8. The number of benzene rings is 1. The summed E-state index contributed by atoms with van der Waals surface area (Å²) in [6.07, 6.45) is 1.19. The predicted octanol–water partition coefficient (Wildman–Crippen LogP) is 2.53. The van der Waals surface area contributed by atoms with E-state index in [2.05, 4.69) is 19.9 Å². The fraction of sp³-hybridized carbons (Fsp3) is 0.400. The maximum Gasteiger partial charge on any atom is 0.0349 e. The number of hydrogen-bond acceptors (Lipinski definition) is 2. The number of thioether (sulfide) groups is 1. The highest BCUT2D eigenvalue weighted by Crippen LogP contribution is 2.38. The number of anilines is 1. The van der Waals surface area contributed by atoms with Gasteiger partial charge in [0.1, 0.15) is 0 Å². The van der Waals surface area contributed by atoms with Crippen LogP contribution in [-0.4, -0.2) is 5.75 Å². The average molecular weight is 179 g/mol. The molecule has 0 aliphatic carbocycles. The van der Waals surface area contributed by atoms with Gasteiger partial charge in [0.05, 0.1) is 0 Å². The van der Waals surface area contributed by atoms with Crippen LogP contribution < -0.4 is 5.73 Å². The largest absolute Gasteiger partial charge is 0.398 e. The summed E-state index contributed by atoms with van der Waals surface area (Å²) in [5.74, 6) is 1.22. The van der Waals surface area contributed by atoms with E-state index in [1.165, 1.54) is 33.8 Å². The summed E-state index contributed by atoms with van der Waals surface area (Å²) in [5.41, 5.74) is 11.0. The smallest absolute Gasteiger partial charge is 0.0349 e. The zero-order chi connectivity index (χ0) is 8.72. The second-order valence-corrected chi connectivity index (χ2v) is 4.42. The summed E-state index contributed by atoms with van der Waals surface area (Å²) in [6, 6.07) is 2.09. The van der Waals surface area contributed by atoms with Gasteiger partial charge in [0.15, 0.2) is 0 Å². The Morgan fingerprint density at radius 3 is 2.92 bits per heavy atom. The van der Waals surface area contributed by atoms with Gasteiger partial charge in [0, 0.05) is 16.3 Å². The summed E-state index contributed by atoms with van der Waals surface area (Å²) < 4.78 is 0. The molecule has 1 aliphatic rings. The van der Waals surface area contributed by atoms with Crippen LogP contribution in [-0.2, 0) is 6.42 Å². The van der Waals surface area contributed by atoms with E-state index in [-0.39, 0.29) is 0 Å². The monoisotopic (exact) mass is 179 g/mol. The molecule has 1 aromatic rings. The van der Waals surface area contributed by atoms with E-state index in [4.69, 9.17) is 5.73 Å². The van der Waals surface area contributed by atoms with Gasteiger partial charge in [-0.1, -0.05) is 0 Å². The molecular formula is C10H13NS. The lowest BCUT2D eigenvalue weighted by Crippen LogP contribution is -1.96. The highest BCUT2D eigenvalue weighted by atomic mass is 32.2. The fourth-order valence-corrected chi connectivity index (χ4v) is 2.97. The van der Waals surface area contributed by atoms with Crippen molar-refractivity contribution in [3.63, 3.8) is 0 Å². The third-order valence-electron chi connectivity index (χ3n) is 2.49. The first-order valence-corrected chi connectivity index (χ1v) is 5.20. The van der Waals surface area contributed by atoms with E-state index in [9.17, 15) is 0 Å². The minimum absolute atomic E-state index is 0.953. The van der Waals surface area contributed by atoms with Gasteiger partial charge in [0.2, 0.25) is 0 Å². The maximum atomic E-state index is 5.88. The van der Waals surface area contributed by atoms with Crippen LogP contribution in [0.2, 0.25) is 0 Å². The van der Waals surface area contributed by atoms with E-state index in [1.54, 1.807) is 0 Å². The van der Waals surface area contributed by atoms with Crippen molar-refractivity contribution in [2.24, 2.45) is 0 Å². The lowest BCUT2D eigenvalue weighted by atomic mass is 10.0. The molecule has 1 aliphatic heterocycles. The van der Waals surface area contributed by atoms with Crippen LogP contribution in [0, 0.1) is 13.8 Å². The molecule has 0 fully saturated rings. The summed E-state index contributed by atoms with van der Waals surface area (Å²) in [6.45, 7) is 4.27.